The number of imidazole rings is 1. The minimum atomic E-state index is -0.868. The molecule has 0 unspecified atom stereocenters. The lowest BCUT2D eigenvalue weighted by atomic mass is 9.79. The first-order valence-electron chi connectivity index (χ1n) is 7.55. The maximum absolute atomic E-state index is 12.5. The van der Waals surface area contributed by atoms with Crippen LogP contribution in [0, 0.1) is 0 Å². The molecule has 0 radical (unpaired) electrons. The van der Waals surface area contributed by atoms with Gasteiger partial charge in [-0.3, -0.25) is 9.59 Å². The Morgan fingerprint density at radius 2 is 2.05 bits per heavy atom. The highest BCUT2D eigenvalue weighted by Crippen LogP contribution is 2.31. The fraction of sp³-hybridized carbons (Fsp3) is 0.438. The van der Waals surface area contributed by atoms with Crippen molar-refractivity contribution in [3.05, 3.63) is 36.3 Å². The number of pyridine rings is 1. The second-order valence-electron chi connectivity index (χ2n) is 5.98. The number of aliphatic carboxylic acids is 1. The van der Waals surface area contributed by atoms with Crippen molar-refractivity contribution in [3.63, 3.8) is 0 Å². The minimum Gasteiger partial charge on any atom is -0.481 e. The van der Waals surface area contributed by atoms with Crippen LogP contribution < -0.4 is 5.32 Å². The number of hydrogen-bond donors (Lipinski definition) is 2. The molecule has 0 bridgehead atoms. The van der Waals surface area contributed by atoms with Crippen LogP contribution in [0.15, 0.2) is 30.7 Å². The number of nitrogens with zero attached hydrogens (tertiary/aromatic N) is 2. The predicted molar refractivity (Wildman–Crippen MR) is 80.7 cm³/mol. The molecular weight excluding hydrogens is 282 g/mol. The molecule has 0 spiro atoms. The zero-order valence-corrected chi connectivity index (χ0v) is 12.3. The van der Waals surface area contributed by atoms with Crippen LogP contribution in [0.2, 0.25) is 0 Å². The number of nitrogens with one attached hydrogen (secondary N) is 1. The van der Waals surface area contributed by atoms with Gasteiger partial charge in [0.15, 0.2) is 0 Å². The Kier molecular flexibility index (Phi) is 3.83. The zero-order chi connectivity index (χ0) is 15.6. The van der Waals surface area contributed by atoms with Crippen molar-refractivity contribution >= 4 is 17.5 Å². The van der Waals surface area contributed by atoms with Gasteiger partial charge in [0.25, 0.3) is 5.91 Å². The summed E-state index contributed by atoms with van der Waals surface area (Å²) in [6.07, 6.45) is 9.59. The largest absolute Gasteiger partial charge is 0.481 e. The lowest BCUT2D eigenvalue weighted by Crippen LogP contribution is -2.51. The van der Waals surface area contributed by atoms with Crippen molar-refractivity contribution in [2.45, 2.75) is 44.1 Å². The monoisotopic (exact) mass is 301 g/mol. The van der Waals surface area contributed by atoms with Crippen molar-refractivity contribution in [2.24, 2.45) is 0 Å². The molecule has 6 nitrogen and oxygen atoms in total. The molecule has 22 heavy (non-hydrogen) atoms. The van der Waals surface area contributed by atoms with Crippen molar-refractivity contribution in [2.75, 3.05) is 0 Å². The minimum absolute atomic E-state index is 0.0218. The highest BCUT2D eigenvalue weighted by atomic mass is 16.4. The number of fused-ring (bicyclic) bond motifs is 1. The molecule has 2 N–H and O–H groups in total. The number of carboxylic acids is 1. The third-order valence-electron chi connectivity index (χ3n) is 4.33. The van der Waals surface area contributed by atoms with Gasteiger partial charge in [0.1, 0.15) is 5.65 Å². The van der Waals surface area contributed by atoms with E-state index < -0.39 is 11.5 Å². The van der Waals surface area contributed by atoms with Crippen LogP contribution in [0.5, 0.6) is 0 Å². The molecule has 0 aromatic carbocycles. The Bertz CT molecular complexity index is 701. The van der Waals surface area contributed by atoms with Gasteiger partial charge in [-0.05, 0) is 25.0 Å². The standard InChI is InChI=1S/C16H19N3O3/c20-14(21)10-16(6-2-1-3-7-16)18-15(22)12-4-5-13-17-8-9-19(13)11-12/h4-5,8-9,11H,1-3,6-7,10H2,(H,18,22)(H,20,21). The normalized spacial score (nSPS) is 17.3. The molecule has 2 heterocycles. The molecular formula is C16H19N3O3. The summed E-state index contributed by atoms with van der Waals surface area (Å²) in [5.41, 5.74) is 0.667. The highest BCUT2D eigenvalue weighted by Gasteiger charge is 2.36. The first kappa shape index (κ1) is 14.6. The smallest absolute Gasteiger partial charge is 0.305 e. The van der Waals surface area contributed by atoms with E-state index >= 15 is 0 Å². The topological polar surface area (TPSA) is 83.7 Å². The molecule has 6 heteroatoms. The van der Waals surface area contributed by atoms with Crippen molar-refractivity contribution in [1.82, 2.24) is 14.7 Å². The Labute approximate surface area is 128 Å². The molecule has 1 saturated carbocycles. The second-order valence-corrected chi connectivity index (χ2v) is 5.98. The Balaban J connectivity index is 1.81. The number of amides is 1. The van der Waals surface area contributed by atoms with E-state index in [1.807, 2.05) is 0 Å². The molecule has 1 aliphatic carbocycles. The van der Waals surface area contributed by atoms with Gasteiger partial charge in [-0.15, -0.1) is 0 Å². The van der Waals surface area contributed by atoms with E-state index in [1.54, 1.807) is 35.1 Å². The van der Waals surface area contributed by atoms with Crippen LogP contribution in [0.1, 0.15) is 48.9 Å². The number of aromatic nitrogens is 2. The summed E-state index contributed by atoms with van der Waals surface area (Å²) in [7, 11) is 0. The fourth-order valence-electron chi connectivity index (χ4n) is 3.23. The predicted octanol–water partition coefficient (Wildman–Crippen LogP) is 2.24. The van der Waals surface area contributed by atoms with E-state index in [1.165, 1.54) is 0 Å². The number of rotatable bonds is 4. The molecule has 0 aliphatic heterocycles. The summed E-state index contributed by atoms with van der Waals surface area (Å²) in [6, 6.07) is 3.49. The van der Waals surface area contributed by atoms with Crippen LogP contribution >= 0.6 is 0 Å². The van der Waals surface area contributed by atoms with Gasteiger partial charge in [-0.2, -0.15) is 0 Å². The summed E-state index contributed by atoms with van der Waals surface area (Å²) in [5.74, 6) is -1.09. The average molecular weight is 301 g/mol. The van der Waals surface area contributed by atoms with Crippen LogP contribution in [-0.2, 0) is 4.79 Å². The first-order valence-corrected chi connectivity index (χ1v) is 7.55. The van der Waals surface area contributed by atoms with E-state index in [2.05, 4.69) is 10.3 Å². The Morgan fingerprint density at radius 3 is 2.77 bits per heavy atom. The molecule has 0 saturated heterocycles. The van der Waals surface area contributed by atoms with Gasteiger partial charge in [0.2, 0.25) is 0 Å². The third-order valence-corrected chi connectivity index (χ3v) is 4.33. The van der Waals surface area contributed by atoms with E-state index in [-0.39, 0.29) is 12.3 Å². The lowest BCUT2D eigenvalue weighted by molar-refractivity contribution is -0.139. The average Bonchev–Trinajstić information content (AvgIpc) is 2.94. The van der Waals surface area contributed by atoms with Crippen LogP contribution in [0.3, 0.4) is 0 Å². The lowest BCUT2D eigenvalue weighted by Gasteiger charge is -2.37. The van der Waals surface area contributed by atoms with Crippen LogP contribution in [0.4, 0.5) is 0 Å². The van der Waals surface area contributed by atoms with Gasteiger partial charge in [-0.1, -0.05) is 19.3 Å². The second kappa shape index (κ2) is 5.79. The Morgan fingerprint density at radius 1 is 1.27 bits per heavy atom. The van der Waals surface area contributed by atoms with Crippen molar-refractivity contribution in [1.29, 1.82) is 0 Å². The summed E-state index contributed by atoms with van der Waals surface area (Å²) >= 11 is 0. The molecule has 1 amide bonds. The summed E-state index contributed by atoms with van der Waals surface area (Å²) in [6.45, 7) is 0. The van der Waals surface area contributed by atoms with Gasteiger partial charge in [-0.25, -0.2) is 4.98 Å². The van der Waals surface area contributed by atoms with Gasteiger partial charge >= 0.3 is 5.97 Å². The Hall–Kier alpha value is -2.37. The summed E-state index contributed by atoms with van der Waals surface area (Å²) < 4.78 is 1.78. The van der Waals surface area contributed by atoms with E-state index in [0.29, 0.717) is 5.56 Å². The van der Waals surface area contributed by atoms with Gasteiger partial charge in [0.05, 0.1) is 17.5 Å². The summed E-state index contributed by atoms with van der Waals surface area (Å²) in [5, 5.41) is 12.1. The van der Waals surface area contributed by atoms with E-state index in [4.69, 9.17) is 5.11 Å². The van der Waals surface area contributed by atoms with E-state index in [0.717, 1.165) is 37.8 Å². The molecule has 1 aliphatic rings. The number of carbonyl (C=O) groups excluding carboxylic acids is 1. The maximum Gasteiger partial charge on any atom is 0.305 e. The molecule has 1 fully saturated rings. The number of carbonyl (C=O) groups is 2. The van der Waals surface area contributed by atoms with Crippen LogP contribution in [0.25, 0.3) is 5.65 Å². The van der Waals surface area contributed by atoms with E-state index in [9.17, 15) is 9.59 Å². The van der Waals surface area contributed by atoms with Gasteiger partial charge in [0, 0.05) is 18.6 Å². The number of hydrogen-bond acceptors (Lipinski definition) is 3. The number of carboxylic acid groups (broad SMARTS) is 1. The highest BCUT2D eigenvalue weighted by molar-refractivity contribution is 5.95. The van der Waals surface area contributed by atoms with Crippen LogP contribution in [-0.4, -0.2) is 31.9 Å². The maximum atomic E-state index is 12.5. The molecule has 2 aromatic rings. The van der Waals surface area contributed by atoms with Crippen molar-refractivity contribution < 1.29 is 14.7 Å². The molecule has 2 aromatic heterocycles. The molecule has 116 valence electrons. The first-order chi connectivity index (χ1) is 10.6. The SMILES string of the molecule is O=C(O)CC1(NC(=O)c2ccc3nccn3c2)CCCCC1. The van der Waals surface area contributed by atoms with Crippen molar-refractivity contribution in [3.8, 4) is 0 Å². The fourth-order valence-corrected chi connectivity index (χ4v) is 3.23. The van der Waals surface area contributed by atoms with Gasteiger partial charge < -0.3 is 14.8 Å². The quantitative estimate of drug-likeness (QED) is 0.907. The third kappa shape index (κ3) is 2.95. The summed E-state index contributed by atoms with van der Waals surface area (Å²) in [4.78, 5) is 27.8. The molecule has 3 rings (SSSR count). The molecule has 0 atom stereocenters. The zero-order valence-electron chi connectivity index (χ0n) is 12.3.